The van der Waals surface area contributed by atoms with E-state index in [2.05, 4.69) is 15.0 Å². The fraction of sp³-hybridized carbons (Fsp3) is 0.143. The highest BCUT2D eigenvalue weighted by atomic mass is 16.6. The minimum absolute atomic E-state index is 0.00157. The molecule has 3 rings (SSSR count). The molecule has 0 fully saturated rings. The van der Waals surface area contributed by atoms with E-state index in [1.807, 2.05) is 56.3 Å². The van der Waals surface area contributed by atoms with Crippen LogP contribution in [0.25, 0.3) is 5.57 Å². The number of aromatic nitrogens is 3. The van der Waals surface area contributed by atoms with E-state index in [0.29, 0.717) is 11.1 Å². The van der Waals surface area contributed by atoms with Crippen molar-refractivity contribution in [2.75, 3.05) is 7.11 Å². The number of esters is 1. The summed E-state index contributed by atoms with van der Waals surface area (Å²) in [5.41, 5.74) is 3.54. The van der Waals surface area contributed by atoms with Gasteiger partial charge in [-0.25, -0.2) is 14.8 Å². The molecule has 0 aliphatic heterocycles. The third-order valence-electron chi connectivity index (χ3n) is 3.77. The number of hydrogen-bond donors (Lipinski definition) is 0. The van der Waals surface area contributed by atoms with Crippen molar-refractivity contribution in [1.82, 2.24) is 15.0 Å². The van der Waals surface area contributed by atoms with Gasteiger partial charge in [0.25, 0.3) is 0 Å². The van der Waals surface area contributed by atoms with Crippen molar-refractivity contribution in [3.8, 4) is 6.01 Å². The van der Waals surface area contributed by atoms with Crippen molar-refractivity contribution in [3.63, 3.8) is 0 Å². The summed E-state index contributed by atoms with van der Waals surface area (Å²) in [5.74, 6) is -0.623. The third kappa shape index (κ3) is 4.36. The van der Waals surface area contributed by atoms with Crippen molar-refractivity contribution in [3.05, 3.63) is 89.2 Å². The highest BCUT2D eigenvalue weighted by Gasteiger charge is 2.23. The van der Waals surface area contributed by atoms with E-state index >= 15 is 0 Å². The smallest absolute Gasteiger partial charge is 0.374 e. The van der Waals surface area contributed by atoms with Crippen molar-refractivity contribution in [2.24, 2.45) is 0 Å². The lowest BCUT2D eigenvalue weighted by atomic mass is 9.98. The molecule has 27 heavy (non-hydrogen) atoms. The van der Waals surface area contributed by atoms with Gasteiger partial charge in [-0.1, -0.05) is 36.4 Å². The van der Waals surface area contributed by atoms with Crippen LogP contribution in [0, 0.1) is 13.8 Å². The van der Waals surface area contributed by atoms with Gasteiger partial charge in [-0.15, -0.1) is 0 Å². The molecule has 6 nitrogen and oxygen atoms in total. The zero-order valence-electron chi connectivity index (χ0n) is 15.3. The first-order valence-electron chi connectivity index (χ1n) is 8.37. The standard InChI is InChI=1S/C21H19N3O3/c1-14-12-15(2)24-21(23-14)27-19(20(25)26-3)18(16-8-5-4-6-9-16)17-10-7-11-22-13-17/h4-13H,1-3H3. The van der Waals surface area contributed by atoms with E-state index < -0.39 is 5.97 Å². The Morgan fingerprint density at radius 3 is 2.19 bits per heavy atom. The summed E-state index contributed by atoms with van der Waals surface area (Å²) < 4.78 is 10.8. The summed E-state index contributed by atoms with van der Waals surface area (Å²) in [6, 6.07) is 15.0. The van der Waals surface area contributed by atoms with Crippen LogP contribution in [0.2, 0.25) is 0 Å². The monoisotopic (exact) mass is 361 g/mol. The largest absolute Gasteiger partial charge is 0.463 e. The molecule has 0 atom stereocenters. The second-order valence-electron chi connectivity index (χ2n) is 5.84. The molecule has 3 aromatic rings. The average Bonchev–Trinajstić information content (AvgIpc) is 2.68. The Hall–Kier alpha value is -3.54. The van der Waals surface area contributed by atoms with Crippen LogP contribution in [0.5, 0.6) is 6.01 Å². The minimum atomic E-state index is -0.625. The van der Waals surface area contributed by atoms with Gasteiger partial charge in [-0.05, 0) is 31.5 Å². The normalized spacial score (nSPS) is 11.5. The first-order chi connectivity index (χ1) is 13.1. The Labute approximate surface area is 157 Å². The van der Waals surface area contributed by atoms with E-state index in [-0.39, 0.29) is 11.8 Å². The summed E-state index contributed by atoms with van der Waals surface area (Å²) in [4.78, 5) is 25.3. The van der Waals surface area contributed by atoms with Crippen molar-refractivity contribution < 1.29 is 14.3 Å². The Balaban J connectivity index is 2.22. The van der Waals surface area contributed by atoms with Crippen molar-refractivity contribution in [2.45, 2.75) is 13.8 Å². The molecule has 0 amide bonds. The van der Waals surface area contributed by atoms with E-state index in [9.17, 15) is 4.79 Å². The van der Waals surface area contributed by atoms with Gasteiger partial charge >= 0.3 is 12.0 Å². The molecule has 0 radical (unpaired) electrons. The van der Waals surface area contributed by atoms with E-state index in [0.717, 1.165) is 17.0 Å². The van der Waals surface area contributed by atoms with Crippen LogP contribution in [0.4, 0.5) is 0 Å². The number of pyridine rings is 1. The molecule has 2 aromatic heterocycles. The molecule has 6 heteroatoms. The van der Waals surface area contributed by atoms with E-state index in [4.69, 9.17) is 9.47 Å². The third-order valence-corrected chi connectivity index (χ3v) is 3.77. The second kappa shape index (κ2) is 8.23. The number of rotatable bonds is 5. The lowest BCUT2D eigenvalue weighted by Crippen LogP contribution is -2.16. The SMILES string of the molecule is COC(=O)C(Oc1nc(C)cc(C)n1)=C(c1ccccc1)c1cccnc1. The van der Waals surface area contributed by atoms with E-state index in [1.54, 1.807) is 18.5 Å². The number of methoxy groups -OCH3 is 1. The van der Waals surface area contributed by atoms with Gasteiger partial charge < -0.3 is 9.47 Å². The maximum Gasteiger partial charge on any atom is 0.374 e. The van der Waals surface area contributed by atoms with Gasteiger partial charge in [-0.3, -0.25) is 4.98 Å². The van der Waals surface area contributed by atoms with Crippen LogP contribution in [0.3, 0.4) is 0 Å². The fourth-order valence-electron chi connectivity index (χ4n) is 2.66. The predicted octanol–water partition coefficient (Wildman–Crippen LogP) is 3.50. The first kappa shape index (κ1) is 18.3. The molecule has 0 bridgehead atoms. The molecule has 0 spiro atoms. The van der Waals surface area contributed by atoms with E-state index in [1.165, 1.54) is 7.11 Å². The van der Waals surface area contributed by atoms with Crippen LogP contribution >= 0.6 is 0 Å². The molecule has 0 saturated carbocycles. The van der Waals surface area contributed by atoms with Gasteiger partial charge in [-0.2, -0.15) is 0 Å². The van der Waals surface area contributed by atoms with Gasteiger partial charge in [0.2, 0.25) is 5.76 Å². The van der Waals surface area contributed by atoms with Crippen molar-refractivity contribution >= 4 is 11.5 Å². The number of nitrogens with zero attached hydrogens (tertiary/aromatic N) is 3. The Bertz CT molecular complexity index is 909. The van der Waals surface area contributed by atoms with Gasteiger partial charge in [0.15, 0.2) is 0 Å². The summed E-state index contributed by atoms with van der Waals surface area (Å²) in [7, 11) is 1.31. The number of carbonyl (C=O) groups excluding carboxylic acids is 1. The summed E-state index contributed by atoms with van der Waals surface area (Å²) in [6.45, 7) is 3.67. The molecule has 0 aliphatic rings. The predicted molar refractivity (Wildman–Crippen MR) is 101 cm³/mol. The minimum Gasteiger partial charge on any atom is -0.463 e. The molecular formula is C21H19N3O3. The van der Waals surface area contributed by atoms with Gasteiger partial charge in [0.1, 0.15) is 0 Å². The van der Waals surface area contributed by atoms with Crippen LogP contribution in [-0.4, -0.2) is 28.0 Å². The Morgan fingerprint density at radius 2 is 1.59 bits per heavy atom. The fourth-order valence-corrected chi connectivity index (χ4v) is 2.66. The number of ether oxygens (including phenoxy) is 2. The molecule has 0 saturated heterocycles. The highest BCUT2D eigenvalue weighted by Crippen LogP contribution is 2.28. The number of benzene rings is 1. The molecule has 0 N–H and O–H groups in total. The Kier molecular flexibility index (Phi) is 5.56. The lowest BCUT2D eigenvalue weighted by molar-refractivity contribution is -0.138. The number of aryl methyl sites for hydroxylation is 2. The number of hydrogen-bond acceptors (Lipinski definition) is 6. The molecule has 136 valence electrons. The van der Waals surface area contributed by atoms with Gasteiger partial charge in [0.05, 0.1) is 7.11 Å². The highest BCUT2D eigenvalue weighted by molar-refractivity contribution is 6.00. The second-order valence-corrected chi connectivity index (χ2v) is 5.84. The zero-order chi connectivity index (χ0) is 19.2. The maximum absolute atomic E-state index is 12.6. The zero-order valence-corrected chi connectivity index (χ0v) is 15.3. The Morgan fingerprint density at radius 1 is 0.926 bits per heavy atom. The summed E-state index contributed by atoms with van der Waals surface area (Å²) in [6.07, 6.45) is 3.33. The van der Waals surface area contributed by atoms with Crippen LogP contribution in [0.1, 0.15) is 22.5 Å². The van der Waals surface area contributed by atoms with Crippen LogP contribution < -0.4 is 4.74 Å². The lowest BCUT2D eigenvalue weighted by Gasteiger charge is -2.15. The van der Waals surface area contributed by atoms with Crippen molar-refractivity contribution in [1.29, 1.82) is 0 Å². The first-order valence-corrected chi connectivity index (χ1v) is 8.37. The summed E-state index contributed by atoms with van der Waals surface area (Å²) in [5, 5.41) is 0. The topological polar surface area (TPSA) is 74.2 Å². The molecule has 0 aliphatic carbocycles. The molecule has 1 aromatic carbocycles. The maximum atomic E-state index is 12.6. The van der Waals surface area contributed by atoms with Crippen LogP contribution in [-0.2, 0) is 9.53 Å². The van der Waals surface area contributed by atoms with Gasteiger partial charge in [0, 0.05) is 34.9 Å². The molecule has 0 unspecified atom stereocenters. The molecule has 2 heterocycles. The molecular weight excluding hydrogens is 342 g/mol. The summed E-state index contributed by atoms with van der Waals surface area (Å²) >= 11 is 0. The number of carbonyl (C=O) groups is 1. The quantitative estimate of drug-likeness (QED) is 0.393. The average molecular weight is 361 g/mol. The van der Waals surface area contributed by atoms with Crippen LogP contribution in [0.15, 0.2) is 66.7 Å².